The monoisotopic (exact) mass is 619 g/mol. The van der Waals surface area contributed by atoms with E-state index >= 15 is 4.39 Å². The van der Waals surface area contributed by atoms with Gasteiger partial charge in [-0.05, 0) is 51.6 Å². The van der Waals surface area contributed by atoms with Gasteiger partial charge < -0.3 is 24.8 Å². The summed E-state index contributed by atoms with van der Waals surface area (Å²) >= 11 is 6.50. The van der Waals surface area contributed by atoms with Crippen molar-refractivity contribution in [3.63, 3.8) is 0 Å². The first-order chi connectivity index (χ1) is 20.0. The number of carbonyl (C=O) groups is 3. The van der Waals surface area contributed by atoms with E-state index in [-0.39, 0.29) is 55.7 Å². The number of ketones is 1. The van der Waals surface area contributed by atoms with Gasteiger partial charge in [-0.1, -0.05) is 0 Å². The summed E-state index contributed by atoms with van der Waals surface area (Å²) in [5.74, 6) is -3.52. The molecule has 0 aromatic carbocycles. The minimum absolute atomic E-state index is 0.0370. The first kappa shape index (κ1) is 30.1. The Morgan fingerprint density at radius 2 is 1.74 bits per heavy atom. The number of fused-ring (bicyclic) bond motifs is 2. The van der Waals surface area contributed by atoms with E-state index in [1.54, 1.807) is 11.1 Å². The summed E-state index contributed by atoms with van der Waals surface area (Å²) in [7, 11) is 0. The molecule has 0 radical (unpaired) electrons. The molecule has 1 N–H and O–H groups in total. The predicted octanol–water partition coefficient (Wildman–Crippen LogP) is 1.70. The number of hydrogen-bond acceptors (Lipinski definition) is 7. The number of alkyl halides is 5. The predicted molar refractivity (Wildman–Crippen MR) is 144 cm³/mol. The van der Waals surface area contributed by atoms with E-state index in [0.717, 1.165) is 37.3 Å². The summed E-state index contributed by atoms with van der Waals surface area (Å²) in [6.45, 7) is 2.87. The van der Waals surface area contributed by atoms with Crippen LogP contribution in [0.2, 0.25) is 0 Å². The fraction of sp³-hybridized carbons (Fsp3) is 0.821. The van der Waals surface area contributed by atoms with Crippen molar-refractivity contribution in [3.05, 3.63) is 11.8 Å². The van der Waals surface area contributed by atoms with Crippen molar-refractivity contribution in [1.82, 2.24) is 24.9 Å². The molecule has 2 aliphatic carbocycles. The number of amides is 2. The molecule has 234 valence electrons. The molecule has 2 amide bonds. The number of hydrogen-bond donors (Lipinski definition) is 1. The topological polar surface area (TPSA) is 85.4 Å². The third-order valence-corrected chi connectivity index (χ3v) is 10.4. The van der Waals surface area contributed by atoms with Crippen LogP contribution in [-0.4, -0.2) is 138 Å². The average Bonchev–Trinajstić information content (AvgIpc) is 3.47. The molecule has 0 aromatic rings. The zero-order chi connectivity index (χ0) is 29.8. The lowest BCUT2D eigenvalue weighted by atomic mass is 9.69. The molecule has 2 saturated carbocycles. The van der Waals surface area contributed by atoms with E-state index in [1.807, 2.05) is 4.90 Å². The summed E-state index contributed by atoms with van der Waals surface area (Å²) in [6, 6.07) is -1.42. The van der Waals surface area contributed by atoms with Crippen LogP contribution in [0, 0.1) is 5.92 Å². The fourth-order valence-corrected chi connectivity index (χ4v) is 8.27. The van der Waals surface area contributed by atoms with Crippen molar-refractivity contribution in [2.24, 2.45) is 5.92 Å². The van der Waals surface area contributed by atoms with Crippen LogP contribution in [0.15, 0.2) is 11.8 Å². The van der Waals surface area contributed by atoms with Gasteiger partial charge in [-0.3, -0.25) is 19.3 Å². The number of likely N-dealkylation sites (tertiary alicyclic amines) is 1. The van der Waals surface area contributed by atoms with E-state index in [0.29, 0.717) is 25.9 Å². The van der Waals surface area contributed by atoms with Crippen molar-refractivity contribution in [2.45, 2.75) is 86.6 Å². The van der Waals surface area contributed by atoms with Crippen LogP contribution in [0.5, 0.6) is 0 Å². The van der Waals surface area contributed by atoms with E-state index in [4.69, 9.17) is 16.3 Å². The Balaban J connectivity index is 1.23. The molecule has 14 heteroatoms. The van der Waals surface area contributed by atoms with Crippen LogP contribution in [0.3, 0.4) is 0 Å². The summed E-state index contributed by atoms with van der Waals surface area (Å²) in [5, 5.41) is 2.77. The Morgan fingerprint density at radius 3 is 2.43 bits per heavy atom. The van der Waals surface area contributed by atoms with Gasteiger partial charge in [0, 0.05) is 56.8 Å². The Hall–Kier alpha value is -1.96. The number of ether oxygens (including phenoxy) is 1. The molecule has 8 atom stereocenters. The molecule has 5 fully saturated rings. The summed E-state index contributed by atoms with van der Waals surface area (Å²) in [5.41, 5.74) is 0.0370. The third-order valence-electron chi connectivity index (χ3n) is 9.99. The van der Waals surface area contributed by atoms with Gasteiger partial charge in [0.05, 0.1) is 35.9 Å². The standard InChI is InChI=1S/C28H38ClF4N5O4/c29-16-3-4-20-21(13-16)42-25-22-17(14-19(30)23(25)36-9-11-37(12-10-36)27(41)28(31,32)33)24(39)18(15-38(20)22)26(40)34-5-8-35-6-1-2-7-35/h15-17,19-23,25H,1-14H2,(H,34,40). The van der Waals surface area contributed by atoms with Crippen molar-refractivity contribution in [3.8, 4) is 0 Å². The number of piperazine rings is 1. The highest BCUT2D eigenvalue weighted by atomic mass is 35.5. The first-order valence-electron chi connectivity index (χ1n) is 15.1. The first-order valence-corrected chi connectivity index (χ1v) is 15.5. The molecule has 4 aliphatic heterocycles. The van der Waals surface area contributed by atoms with Crippen LogP contribution in [0.4, 0.5) is 17.6 Å². The van der Waals surface area contributed by atoms with Crippen molar-refractivity contribution < 1.29 is 36.7 Å². The molecule has 0 bridgehead atoms. The molecular weight excluding hydrogens is 582 g/mol. The Labute approximate surface area is 247 Å². The highest BCUT2D eigenvalue weighted by Gasteiger charge is 2.60. The second-order valence-electron chi connectivity index (χ2n) is 12.4. The highest BCUT2D eigenvalue weighted by Crippen LogP contribution is 2.47. The van der Waals surface area contributed by atoms with Crippen molar-refractivity contribution in [1.29, 1.82) is 0 Å². The maximum absolute atomic E-state index is 16.1. The lowest BCUT2D eigenvalue weighted by molar-refractivity contribution is -0.214. The number of morpholine rings is 1. The molecule has 3 saturated heterocycles. The van der Waals surface area contributed by atoms with Gasteiger partial charge in [-0.25, -0.2) is 4.39 Å². The van der Waals surface area contributed by atoms with Gasteiger partial charge in [0.1, 0.15) is 6.17 Å². The van der Waals surface area contributed by atoms with Crippen molar-refractivity contribution in [2.75, 3.05) is 52.4 Å². The summed E-state index contributed by atoms with van der Waals surface area (Å²) in [4.78, 5) is 45.6. The third kappa shape index (κ3) is 5.66. The Bertz CT molecular complexity index is 1100. The number of halogens is 5. The van der Waals surface area contributed by atoms with Gasteiger partial charge in [0.15, 0.2) is 5.78 Å². The Morgan fingerprint density at radius 1 is 1.02 bits per heavy atom. The largest absolute Gasteiger partial charge is 0.471 e. The Kier molecular flexibility index (Phi) is 8.49. The molecule has 0 aromatic heterocycles. The molecule has 4 heterocycles. The maximum Gasteiger partial charge on any atom is 0.471 e. The van der Waals surface area contributed by atoms with Crippen LogP contribution in [0.1, 0.15) is 38.5 Å². The molecule has 9 nitrogen and oxygen atoms in total. The molecule has 42 heavy (non-hydrogen) atoms. The van der Waals surface area contributed by atoms with Crippen LogP contribution in [-0.2, 0) is 19.1 Å². The molecule has 0 spiro atoms. The highest BCUT2D eigenvalue weighted by molar-refractivity contribution is 6.21. The minimum atomic E-state index is -4.96. The molecule has 6 aliphatic rings. The minimum Gasteiger partial charge on any atom is -0.369 e. The number of carbonyl (C=O) groups excluding carboxylic acids is 3. The SMILES string of the molecule is O=C(NCCN1CCCC1)C1=CN2C3CCC(Cl)CC3OC3C(N4CCN(C(=O)C(F)(F)F)CC4)C(F)CC(C1=O)C32. The van der Waals surface area contributed by atoms with Crippen molar-refractivity contribution >= 4 is 29.2 Å². The quantitative estimate of drug-likeness (QED) is 0.285. The van der Waals surface area contributed by atoms with Crippen LogP contribution in [0.25, 0.3) is 0 Å². The molecule has 8 unspecified atom stereocenters. The average molecular weight is 620 g/mol. The summed E-state index contributed by atoms with van der Waals surface area (Å²) in [6.07, 6.45) is -1.76. The van der Waals surface area contributed by atoms with E-state index < -0.39 is 54.1 Å². The van der Waals surface area contributed by atoms with E-state index in [1.165, 1.54) is 0 Å². The second kappa shape index (κ2) is 11.9. The van der Waals surface area contributed by atoms with Gasteiger partial charge in [0.2, 0.25) is 0 Å². The van der Waals surface area contributed by atoms with E-state index in [9.17, 15) is 27.6 Å². The van der Waals surface area contributed by atoms with Gasteiger partial charge in [-0.15, -0.1) is 11.6 Å². The normalized spacial score (nSPS) is 37.6. The lowest BCUT2D eigenvalue weighted by Crippen LogP contribution is -2.74. The van der Waals surface area contributed by atoms with Crippen LogP contribution < -0.4 is 5.32 Å². The van der Waals surface area contributed by atoms with Crippen LogP contribution >= 0.6 is 11.6 Å². The molecular formula is C28H38ClF4N5O4. The van der Waals surface area contributed by atoms with Gasteiger partial charge >= 0.3 is 12.1 Å². The smallest absolute Gasteiger partial charge is 0.369 e. The summed E-state index contributed by atoms with van der Waals surface area (Å²) < 4.78 is 61.6. The number of nitrogens with zero attached hydrogens (tertiary/aromatic N) is 4. The maximum atomic E-state index is 16.1. The fourth-order valence-electron chi connectivity index (χ4n) is 7.97. The number of Topliss-reactive ketones (excluding diaryl/α,β-unsaturated/α-hetero) is 1. The zero-order valence-corrected chi connectivity index (χ0v) is 24.2. The zero-order valence-electron chi connectivity index (χ0n) is 23.4. The molecule has 6 rings (SSSR count). The number of nitrogens with one attached hydrogen (secondary N) is 1. The number of rotatable bonds is 5. The van der Waals surface area contributed by atoms with E-state index in [2.05, 4.69) is 10.2 Å². The van der Waals surface area contributed by atoms with Gasteiger partial charge in [0.25, 0.3) is 5.91 Å². The second-order valence-corrected chi connectivity index (χ2v) is 13.1. The lowest BCUT2D eigenvalue weighted by Gasteiger charge is -2.61. The van der Waals surface area contributed by atoms with Gasteiger partial charge in [-0.2, -0.15) is 13.2 Å².